The van der Waals surface area contributed by atoms with E-state index in [-0.39, 0.29) is 25.6 Å². The van der Waals surface area contributed by atoms with E-state index in [9.17, 15) is 9.59 Å². The summed E-state index contributed by atoms with van der Waals surface area (Å²) in [6.45, 7) is 1.53. The summed E-state index contributed by atoms with van der Waals surface area (Å²) >= 11 is 0. The van der Waals surface area contributed by atoms with Crippen LogP contribution < -0.4 is 0 Å². The largest absolute Gasteiger partial charge is 0.481 e. The third-order valence-corrected chi connectivity index (χ3v) is 2.82. The third-order valence-electron chi connectivity index (χ3n) is 2.82. The molecule has 1 rings (SSSR count). The van der Waals surface area contributed by atoms with Crippen molar-refractivity contribution in [2.24, 2.45) is 5.92 Å². The van der Waals surface area contributed by atoms with Gasteiger partial charge in [-0.15, -0.1) is 0 Å². The van der Waals surface area contributed by atoms with Crippen molar-refractivity contribution < 1.29 is 19.8 Å². The molecule has 5 heteroatoms. The predicted molar refractivity (Wildman–Crippen MR) is 75.9 cm³/mol. The third kappa shape index (κ3) is 5.24. The van der Waals surface area contributed by atoms with Crippen molar-refractivity contribution in [1.82, 2.24) is 4.90 Å². The van der Waals surface area contributed by atoms with Gasteiger partial charge in [0, 0.05) is 19.2 Å². The van der Waals surface area contributed by atoms with Gasteiger partial charge in [0.1, 0.15) is 0 Å². The molecule has 1 atom stereocenters. The van der Waals surface area contributed by atoms with Gasteiger partial charge >= 0.3 is 5.97 Å². The number of hydrogen-bond acceptors (Lipinski definition) is 3. The van der Waals surface area contributed by atoms with E-state index in [0.717, 1.165) is 5.56 Å². The molecule has 0 bridgehead atoms. The van der Waals surface area contributed by atoms with Gasteiger partial charge in [-0.25, -0.2) is 0 Å². The van der Waals surface area contributed by atoms with Gasteiger partial charge in [-0.2, -0.15) is 0 Å². The Labute approximate surface area is 118 Å². The first-order chi connectivity index (χ1) is 9.54. The molecule has 5 nitrogen and oxygen atoms in total. The molecule has 1 amide bonds. The maximum Gasteiger partial charge on any atom is 0.308 e. The average Bonchev–Trinajstić information content (AvgIpc) is 2.45. The topological polar surface area (TPSA) is 77.8 Å². The zero-order chi connectivity index (χ0) is 15.0. The van der Waals surface area contributed by atoms with Crippen molar-refractivity contribution in [1.29, 1.82) is 0 Å². The molecule has 0 saturated carbocycles. The number of hydrogen-bond donors (Lipinski definition) is 2. The molecular weight excluding hydrogens is 258 g/mol. The lowest BCUT2D eigenvalue weighted by atomic mass is 10.1. The number of carboxylic acids is 1. The van der Waals surface area contributed by atoms with Crippen LogP contribution in [-0.4, -0.2) is 46.7 Å². The Morgan fingerprint density at radius 3 is 2.50 bits per heavy atom. The molecule has 0 radical (unpaired) electrons. The first-order valence-electron chi connectivity index (χ1n) is 6.40. The number of benzene rings is 1. The molecular formula is C15H19NO4. The van der Waals surface area contributed by atoms with Crippen molar-refractivity contribution in [3.05, 3.63) is 42.0 Å². The van der Waals surface area contributed by atoms with Gasteiger partial charge in [0.2, 0.25) is 5.91 Å². The zero-order valence-corrected chi connectivity index (χ0v) is 11.4. The van der Waals surface area contributed by atoms with Gasteiger partial charge < -0.3 is 15.1 Å². The van der Waals surface area contributed by atoms with Gasteiger partial charge in [0.15, 0.2) is 0 Å². The summed E-state index contributed by atoms with van der Waals surface area (Å²) in [5.74, 6) is -1.94. The number of carboxylic acid groups (broad SMARTS) is 1. The molecule has 1 aromatic rings. The quantitative estimate of drug-likeness (QED) is 0.735. The normalized spacial score (nSPS) is 12.3. The van der Waals surface area contributed by atoms with Crippen molar-refractivity contribution in [2.45, 2.75) is 6.92 Å². The lowest BCUT2D eigenvalue weighted by molar-refractivity contribution is -0.142. The second kappa shape index (κ2) is 8.12. The van der Waals surface area contributed by atoms with Crippen LogP contribution in [0, 0.1) is 5.92 Å². The Kier molecular flexibility index (Phi) is 6.46. The standard InChI is InChI=1S/C15H19NO4/c1-12(15(19)20)11-16(9-10-17)14(18)8-7-13-5-3-2-4-6-13/h2-8,12,17H,9-11H2,1H3,(H,19,20)/b8-7+. The fraction of sp³-hybridized carbons (Fsp3) is 0.333. The van der Waals surface area contributed by atoms with Crippen LogP contribution in [0.1, 0.15) is 12.5 Å². The van der Waals surface area contributed by atoms with Crippen molar-refractivity contribution >= 4 is 18.0 Å². The Bertz CT molecular complexity index is 470. The SMILES string of the molecule is CC(CN(CCO)C(=O)/C=C/c1ccccc1)C(=O)O. The van der Waals surface area contributed by atoms with E-state index in [4.69, 9.17) is 10.2 Å². The summed E-state index contributed by atoms with van der Waals surface area (Å²) in [6, 6.07) is 9.33. The Morgan fingerprint density at radius 2 is 1.95 bits per heavy atom. The first-order valence-corrected chi connectivity index (χ1v) is 6.40. The number of amides is 1. The highest BCUT2D eigenvalue weighted by molar-refractivity contribution is 5.92. The smallest absolute Gasteiger partial charge is 0.308 e. The molecule has 2 N–H and O–H groups in total. The minimum absolute atomic E-state index is 0.0772. The van der Waals surface area contributed by atoms with Gasteiger partial charge in [-0.05, 0) is 11.6 Å². The van der Waals surface area contributed by atoms with Crippen LogP contribution >= 0.6 is 0 Å². The molecule has 108 valence electrons. The summed E-state index contributed by atoms with van der Waals surface area (Å²) in [7, 11) is 0. The molecule has 0 aliphatic heterocycles. The summed E-state index contributed by atoms with van der Waals surface area (Å²) in [5, 5.41) is 17.8. The molecule has 1 aromatic carbocycles. The minimum Gasteiger partial charge on any atom is -0.481 e. The Hall–Kier alpha value is -2.14. The van der Waals surface area contributed by atoms with E-state index >= 15 is 0 Å². The second-order valence-corrected chi connectivity index (χ2v) is 4.49. The van der Waals surface area contributed by atoms with Crippen molar-refractivity contribution in [3.63, 3.8) is 0 Å². The molecule has 0 aliphatic carbocycles. The van der Waals surface area contributed by atoms with Crippen LogP contribution in [0.5, 0.6) is 0 Å². The molecule has 0 heterocycles. The lowest BCUT2D eigenvalue weighted by Gasteiger charge is -2.22. The van der Waals surface area contributed by atoms with Gasteiger partial charge in [-0.3, -0.25) is 9.59 Å². The molecule has 20 heavy (non-hydrogen) atoms. The molecule has 0 aromatic heterocycles. The van der Waals surface area contributed by atoms with Crippen LogP contribution in [0.3, 0.4) is 0 Å². The lowest BCUT2D eigenvalue weighted by Crippen LogP contribution is -2.37. The Morgan fingerprint density at radius 1 is 1.30 bits per heavy atom. The number of rotatable bonds is 7. The van der Waals surface area contributed by atoms with Crippen molar-refractivity contribution in [2.75, 3.05) is 19.7 Å². The number of nitrogens with zero attached hydrogens (tertiary/aromatic N) is 1. The van der Waals surface area contributed by atoms with E-state index in [1.165, 1.54) is 17.9 Å². The number of aliphatic carboxylic acids is 1. The van der Waals surface area contributed by atoms with Gasteiger partial charge in [0.05, 0.1) is 12.5 Å². The fourth-order valence-electron chi connectivity index (χ4n) is 1.66. The second-order valence-electron chi connectivity index (χ2n) is 4.49. The molecule has 0 saturated heterocycles. The highest BCUT2D eigenvalue weighted by atomic mass is 16.4. The number of carbonyl (C=O) groups is 2. The first kappa shape index (κ1) is 15.9. The van der Waals surface area contributed by atoms with Crippen LogP contribution in [0.2, 0.25) is 0 Å². The number of aliphatic hydroxyl groups is 1. The van der Waals surface area contributed by atoms with E-state index < -0.39 is 11.9 Å². The van der Waals surface area contributed by atoms with E-state index in [0.29, 0.717) is 0 Å². The maximum atomic E-state index is 12.0. The minimum atomic E-state index is -0.965. The van der Waals surface area contributed by atoms with Crippen LogP contribution in [0.4, 0.5) is 0 Å². The highest BCUT2D eigenvalue weighted by Gasteiger charge is 2.18. The van der Waals surface area contributed by atoms with E-state index in [1.54, 1.807) is 6.08 Å². The molecule has 0 spiro atoms. The summed E-state index contributed by atoms with van der Waals surface area (Å²) in [4.78, 5) is 24.2. The fourth-order valence-corrected chi connectivity index (χ4v) is 1.66. The number of aliphatic hydroxyl groups excluding tert-OH is 1. The van der Waals surface area contributed by atoms with Crippen LogP contribution in [0.15, 0.2) is 36.4 Å². The van der Waals surface area contributed by atoms with E-state index in [1.807, 2.05) is 30.3 Å². The molecule has 0 fully saturated rings. The number of carbonyl (C=O) groups excluding carboxylic acids is 1. The summed E-state index contributed by atoms with van der Waals surface area (Å²) in [5.41, 5.74) is 0.885. The monoisotopic (exact) mass is 277 g/mol. The van der Waals surface area contributed by atoms with Crippen molar-refractivity contribution in [3.8, 4) is 0 Å². The highest BCUT2D eigenvalue weighted by Crippen LogP contribution is 2.05. The summed E-state index contributed by atoms with van der Waals surface area (Å²) in [6.07, 6.45) is 3.05. The Balaban J connectivity index is 2.69. The average molecular weight is 277 g/mol. The molecule has 1 unspecified atom stereocenters. The zero-order valence-electron chi connectivity index (χ0n) is 11.4. The van der Waals surface area contributed by atoms with Gasteiger partial charge in [0.25, 0.3) is 0 Å². The van der Waals surface area contributed by atoms with Crippen LogP contribution in [0.25, 0.3) is 6.08 Å². The maximum absolute atomic E-state index is 12.0. The predicted octanol–water partition coefficient (Wildman–Crippen LogP) is 1.24. The summed E-state index contributed by atoms with van der Waals surface area (Å²) < 4.78 is 0. The molecule has 0 aliphatic rings. The van der Waals surface area contributed by atoms with Crippen LogP contribution in [-0.2, 0) is 9.59 Å². The van der Waals surface area contributed by atoms with Gasteiger partial charge in [-0.1, -0.05) is 37.3 Å². The van der Waals surface area contributed by atoms with E-state index in [2.05, 4.69) is 0 Å².